The van der Waals surface area contributed by atoms with Crippen LogP contribution in [0.25, 0.3) is 21.9 Å². The van der Waals surface area contributed by atoms with Gasteiger partial charge >= 0.3 is 0 Å². The Morgan fingerprint density at radius 2 is 1.58 bits per heavy atom. The van der Waals surface area contributed by atoms with Crippen molar-refractivity contribution in [3.8, 4) is 17.2 Å². The number of benzene rings is 4. The fraction of sp³-hybridized carbons (Fsp3) is 0.286. The molecule has 1 atom stereocenters. The van der Waals surface area contributed by atoms with E-state index in [2.05, 4.69) is 98.4 Å². The van der Waals surface area contributed by atoms with E-state index in [1.54, 1.807) is 0 Å². The molecule has 0 aromatic heterocycles. The van der Waals surface area contributed by atoms with Crippen molar-refractivity contribution in [1.82, 2.24) is 0 Å². The summed E-state index contributed by atoms with van der Waals surface area (Å²) in [5.74, 6) is 0. The predicted molar refractivity (Wildman–Crippen MR) is 154 cm³/mol. The predicted octanol–water partition coefficient (Wildman–Crippen LogP) is 9.80. The lowest BCUT2D eigenvalue weighted by Crippen LogP contribution is -2.26. The van der Waals surface area contributed by atoms with E-state index < -0.39 is 0 Å². The second kappa shape index (κ2) is 12.4. The second-order valence-corrected chi connectivity index (χ2v) is 9.97. The molecule has 0 spiro atoms. The average molecular weight is 472 g/mol. The quantitative estimate of drug-likeness (QED) is 0.149. The van der Waals surface area contributed by atoms with Crippen LogP contribution in [0.1, 0.15) is 68.6 Å². The minimum atomic E-state index is 0.175. The van der Waals surface area contributed by atoms with E-state index in [1.807, 2.05) is 18.2 Å². The van der Waals surface area contributed by atoms with E-state index in [0.29, 0.717) is 5.56 Å². The number of nitrogens with zero attached hydrogens (tertiary/aromatic N) is 1. The van der Waals surface area contributed by atoms with Crippen molar-refractivity contribution in [3.63, 3.8) is 0 Å². The number of fused-ring (bicyclic) bond motifs is 1. The van der Waals surface area contributed by atoms with Crippen molar-refractivity contribution in [2.24, 2.45) is 0 Å². The van der Waals surface area contributed by atoms with Crippen LogP contribution in [0.2, 0.25) is 0 Å². The van der Waals surface area contributed by atoms with E-state index >= 15 is 0 Å². The van der Waals surface area contributed by atoms with Gasteiger partial charge in [0.2, 0.25) is 0 Å². The molecule has 0 saturated carbocycles. The van der Waals surface area contributed by atoms with Crippen molar-refractivity contribution >= 4 is 10.8 Å². The molecule has 0 fully saturated rings. The maximum absolute atomic E-state index is 9.27. The summed E-state index contributed by atoms with van der Waals surface area (Å²) in [5, 5.41) is 12.0. The van der Waals surface area contributed by atoms with Crippen LogP contribution >= 0.6 is 0 Å². The molecular weight excluding hydrogens is 434 g/mol. The van der Waals surface area contributed by atoms with E-state index in [-0.39, 0.29) is 5.41 Å². The molecule has 0 aliphatic carbocycles. The molecule has 4 aromatic rings. The number of rotatable bonds is 12. The van der Waals surface area contributed by atoms with Gasteiger partial charge in [0.25, 0.3) is 0 Å². The van der Waals surface area contributed by atoms with Crippen LogP contribution in [0.4, 0.5) is 0 Å². The summed E-state index contributed by atoms with van der Waals surface area (Å²) in [6, 6.07) is 34.7. The lowest BCUT2D eigenvalue weighted by Gasteiger charge is -2.35. The van der Waals surface area contributed by atoms with Crippen molar-refractivity contribution in [2.45, 2.75) is 63.7 Å². The zero-order valence-electron chi connectivity index (χ0n) is 21.5. The summed E-state index contributed by atoms with van der Waals surface area (Å²) in [6.07, 6.45) is 11.4. The van der Waals surface area contributed by atoms with Gasteiger partial charge in [-0.25, -0.2) is 0 Å². The van der Waals surface area contributed by atoms with E-state index in [0.717, 1.165) is 24.8 Å². The molecule has 0 bridgehead atoms. The topological polar surface area (TPSA) is 23.8 Å². The highest BCUT2D eigenvalue weighted by Gasteiger charge is 2.30. The van der Waals surface area contributed by atoms with Gasteiger partial charge < -0.3 is 0 Å². The van der Waals surface area contributed by atoms with E-state index in [1.165, 1.54) is 59.6 Å². The van der Waals surface area contributed by atoms with Gasteiger partial charge in [-0.1, -0.05) is 105 Å². The van der Waals surface area contributed by atoms with Crippen molar-refractivity contribution < 1.29 is 0 Å². The highest BCUT2D eigenvalue weighted by Crippen LogP contribution is 2.40. The van der Waals surface area contributed by atoms with Gasteiger partial charge in [0.15, 0.2) is 0 Å². The summed E-state index contributed by atoms with van der Waals surface area (Å²) in [7, 11) is 0. The molecule has 0 aliphatic rings. The first-order valence-electron chi connectivity index (χ1n) is 13.4. The van der Waals surface area contributed by atoms with Gasteiger partial charge in [-0.3, -0.25) is 0 Å². The summed E-state index contributed by atoms with van der Waals surface area (Å²) in [5.41, 5.74) is 6.05. The molecule has 1 unspecified atom stereocenters. The standard InChI is InChI=1S/C35H37N/c1-3-5-24-35(23-4-2,25-9-8-14-31-16-11-15-30-13-6-7-18-34(30)31)33-21-19-29(20-22-33)32-17-10-12-28(26-32)27-36/h3,6-7,10-13,15-22,26H,1,4-5,8-9,14,23-25H2,2H3. The van der Waals surface area contributed by atoms with E-state index in [4.69, 9.17) is 0 Å². The number of aryl methyl sites for hydroxylation is 1. The Balaban J connectivity index is 1.52. The monoisotopic (exact) mass is 471 g/mol. The Morgan fingerprint density at radius 1 is 0.806 bits per heavy atom. The summed E-state index contributed by atoms with van der Waals surface area (Å²) in [4.78, 5) is 0. The molecule has 4 aromatic carbocycles. The van der Waals surface area contributed by atoms with Gasteiger partial charge in [-0.15, -0.1) is 6.58 Å². The lowest BCUT2D eigenvalue weighted by atomic mass is 9.69. The minimum Gasteiger partial charge on any atom is -0.192 e. The normalized spacial score (nSPS) is 12.7. The van der Waals surface area contributed by atoms with E-state index in [9.17, 15) is 5.26 Å². The van der Waals surface area contributed by atoms with Crippen LogP contribution in [0.3, 0.4) is 0 Å². The number of nitriles is 1. The summed E-state index contributed by atoms with van der Waals surface area (Å²) >= 11 is 0. The van der Waals surface area contributed by atoms with Crippen LogP contribution in [0, 0.1) is 11.3 Å². The Labute approximate surface area is 217 Å². The maximum Gasteiger partial charge on any atom is 0.0991 e. The molecule has 0 radical (unpaired) electrons. The number of unbranched alkanes of at least 4 members (excludes halogenated alkanes) is 1. The zero-order chi connectivity index (χ0) is 25.2. The first-order valence-corrected chi connectivity index (χ1v) is 13.4. The third-order valence-corrected chi connectivity index (χ3v) is 7.61. The Bertz CT molecular complexity index is 1320. The largest absolute Gasteiger partial charge is 0.192 e. The Kier molecular flexibility index (Phi) is 8.75. The molecule has 36 heavy (non-hydrogen) atoms. The third-order valence-electron chi connectivity index (χ3n) is 7.61. The molecule has 0 aliphatic heterocycles. The Morgan fingerprint density at radius 3 is 2.36 bits per heavy atom. The lowest BCUT2D eigenvalue weighted by molar-refractivity contribution is 0.324. The van der Waals surface area contributed by atoms with Crippen LogP contribution in [-0.2, 0) is 11.8 Å². The third kappa shape index (κ3) is 5.95. The number of hydrogen-bond acceptors (Lipinski definition) is 1. The fourth-order valence-corrected chi connectivity index (χ4v) is 5.74. The molecule has 0 saturated heterocycles. The second-order valence-electron chi connectivity index (χ2n) is 9.97. The SMILES string of the molecule is C=CCCC(CCC)(CCCCc1cccc2ccccc12)c1ccc(-c2cccc(C#N)c2)cc1. The molecule has 1 nitrogen and oxygen atoms in total. The molecule has 0 N–H and O–H groups in total. The highest BCUT2D eigenvalue weighted by atomic mass is 14.3. The minimum absolute atomic E-state index is 0.175. The Hall–Kier alpha value is -3.63. The fourth-order valence-electron chi connectivity index (χ4n) is 5.74. The van der Waals surface area contributed by atoms with Gasteiger partial charge in [0.05, 0.1) is 11.6 Å². The van der Waals surface area contributed by atoms with Gasteiger partial charge in [0.1, 0.15) is 0 Å². The van der Waals surface area contributed by atoms with Crippen LogP contribution < -0.4 is 0 Å². The molecule has 182 valence electrons. The van der Waals surface area contributed by atoms with Crippen molar-refractivity contribution in [2.75, 3.05) is 0 Å². The molecule has 0 heterocycles. The van der Waals surface area contributed by atoms with Crippen molar-refractivity contribution in [1.29, 1.82) is 5.26 Å². The van der Waals surface area contributed by atoms with Gasteiger partial charge in [0, 0.05) is 0 Å². The van der Waals surface area contributed by atoms with Gasteiger partial charge in [-0.05, 0) is 89.1 Å². The highest BCUT2D eigenvalue weighted by molar-refractivity contribution is 5.85. The average Bonchev–Trinajstić information content (AvgIpc) is 2.94. The summed E-state index contributed by atoms with van der Waals surface area (Å²) in [6.45, 7) is 6.33. The van der Waals surface area contributed by atoms with Crippen LogP contribution in [0.15, 0.2) is 104 Å². The first-order chi connectivity index (χ1) is 17.7. The number of allylic oxidation sites excluding steroid dienone is 1. The molecular formula is C35H37N. The smallest absolute Gasteiger partial charge is 0.0991 e. The number of hydrogen-bond donors (Lipinski definition) is 0. The maximum atomic E-state index is 9.27. The first kappa shape index (κ1) is 25.5. The molecule has 1 heteroatoms. The molecule has 0 amide bonds. The van der Waals surface area contributed by atoms with Gasteiger partial charge in [-0.2, -0.15) is 5.26 Å². The zero-order valence-corrected chi connectivity index (χ0v) is 21.5. The van der Waals surface area contributed by atoms with Crippen LogP contribution in [0.5, 0.6) is 0 Å². The molecule has 4 rings (SSSR count). The summed E-state index contributed by atoms with van der Waals surface area (Å²) < 4.78 is 0. The van der Waals surface area contributed by atoms with Crippen molar-refractivity contribution in [3.05, 3.63) is 120 Å². The van der Waals surface area contributed by atoms with Crippen LogP contribution in [-0.4, -0.2) is 0 Å².